The van der Waals surface area contributed by atoms with Gasteiger partial charge in [-0.05, 0) is 48.4 Å². The zero-order valence-electron chi connectivity index (χ0n) is 13.9. The number of guanidine groups is 1. The van der Waals surface area contributed by atoms with E-state index in [4.69, 9.17) is 31.5 Å². The molecule has 1 aliphatic rings. The fourth-order valence-corrected chi connectivity index (χ4v) is 2.76. The number of rotatable bonds is 5. The molecule has 0 bridgehead atoms. The van der Waals surface area contributed by atoms with Crippen molar-refractivity contribution in [3.8, 4) is 17.2 Å². The number of halogens is 1. The molecule has 1 aliphatic heterocycles. The summed E-state index contributed by atoms with van der Waals surface area (Å²) in [5.41, 5.74) is 7.79. The number of methoxy groups -OCH3 is 1. The third-order valence-electron chi connectivity index (χ3n) is 3.70. The highest BCUT2D eigenvalue weighted by molar-refractivity contribution is 6.32. The predicted octanol–water partition coefficient (Wildman–Crippen LogP) is 3.09. The molecule has 3 N–H and O–H groups in total. The van der Waals surface area contributed by atoms with Crippen LogP contribution in [0.2, 0.25) is 5.02 Å². The first kappa shape index (κ1) is 17.2. The molecular formula is C18H20ClN3O3. The topological polar surface area (TPSA) is 78.1 Å². The van der Waals surface area contributed by atoms with Gasteiger partial charge in [-0.25, -0.2) is 0 Å². The zero-order chi connectivity index (χ0) is 17.6. The summed E-state index contributed by atoms with van der Waals surface area (Å²) < 4.78 is 16.2. The van der Waals surface area contributed by atoms with Crippen LogP contribution in [-0.2, 0) is 6.42 Å². The van der Waals surface area contributed by atoms with Crippen molar-refractivity contribution in [2.45, 2.75) is 6.42 Å². The summed E-state index contributed by atoms with van der Waals surface area (Å²) >= 11 is 6.23. The molecule has 0 fully saturated rings. The number of fused-ring (bicyclic) bond motifs is 1. The maximum Gasteiger partial charge on any atom is 0.193 e. The summed E-state index contributed by atoms with van der Waals surface area (Å²) in [7, 11) is 1.63. The second-order valence-electron chi connectivity index (χ2n) is 5.47. The van der Waals surface area contributed by atoms with Crippen LogP contribution in [0.1, 0.15) is 5.56 Å². The lowest BCUT2D eigenvalue weighted by atomic mass is 10.1. The number of nitrogens with zero attached hydrogens (tertiary/aromatic N) is 1. The summed E-state index contributed by atoms with van der Waals surface area (Å²) in [6.07, 6.45) is 0.696. The van der Waals surface area contributed by atoms with Crippen LogP contribution in [0, 0.1) is 0 Å². The molecule has 0 spiro atoms. The molecule has 0 atom stereocenters. The first-order valence-corrected chi connectivity index (χ1v) is 8.32. The van der Waals surface area contributed by atoms with E-state index in [9.17, 15) is 0 Å². The predicted molar refractivity (Wildman–Crippen MR) is 99.3 cm³/mol. The number of hydrogen-bond acceptors (Lipinski definition) is 4. The molecule has 0 radical (unpaired) electrons. The molecule has 0 unspecified atom stereocenters. The highest BCUT2D eigenvalue weighted by Gasteiger charge is 2.16. The van der Waals surface area contributed by atoms with E-state index >= 15 is 0 Å². The number of nitrogens with one attached hydrogen (secondary N) is 1. The SMILES string of the molecule is COc1ccc(NC(N)=NCCc2cc(Cl)c3c(c2)OCCO3)cc1. The molecule has 0 aromatic heterocycles. The summed E-state index contributed by atoms with van der Waals surface area (Å²) in [6.45, 7) is 1.58. The molecular weight excluding hydrogens is 342 g/mol. The van der Waals surface area contributed by atoms with Crippen molar-refractivity contribution < 1.29 is 14.2 Å². The second kappa shape index (κ2) is 7.98. The van der Waals surface area contributed by atoms with Gasteiger partial charge >= 0.3 is 0 Å². The van der Waals surface area contributed by atoms with Gasteiger partial charge in [0, 0.05) is 12.2 Å². The summed E-state index contributed by atoms with van der Waals surface area (Å²) in [5.74, 6) is 2.44. The van der Waals surface area contributed by atoms with E-state index in [0.29, 0.717) is 48.7 Å². The van der Waals surface area contributed by atoms with Gasteiger partial charge in [0.25, 0.3) is 0 Å². The Morgan fingerprint density at radius 1 is 1.24 bits per heavy atom. The van der Waals surface area contributed by atoms with Crippen molar-refractivity contribution in [3.05, 3.63) is 47.0 Å². The van der Waals surface area contributed by atoms with Gasteiger partial charge in [0.05, 0.1) is 12.1 Å². The highest BCUT2D eigenvalue weighted by Crippen LogP contribution is 2.38. The van der Waals surface area contributed by atoms with E-state index in [1.807, 2.05) is 36.4 Å². The maximum absolute atomic E-state index is 6.23. The van der Waals surface area contributed by atoms with Crippen LogP contribution in [-0.4, -0.2) is 32.8 Å². The average Bonchev–Trinajstić information content (AvgIpc) is 2.62. The van der Waals surface area contributed by atoms with Crippen molar-refractivity contribution in [3.63, 3.8) is 0 Å². The number of hydrogen-bond donors (Lipinski definition) is 2. The summed E-state index contributed by atoms with van der Waals surface area (Å²) in [4.78, 5) is 4.34. The Hall–Kier alpha value is -2.60. The average molecular weight is 362 g/mol. The fraction of sp³-hybridized carbons (Fsp3) is 0.278. The zero-order valence-corrected chi connectivity index (χ0v) is 14.7. The molecule has 0 saturated carbocycles. The smallest absolute Gasteiger partial charge is 0.193 e. The van der Waals surface area contributed by atoms with Crippen LogP contribution in [0.15, 0.2) is 41.4 Å². The van der Waals surface area contributed by atoms with E-state index in [-0.39, 0.29) is 0 Å². The Morgan fingerprint density at radius 3 is 2.76 bits per heavy atom. The lowest BCUT2D eigenvalue weighted by Crippen LogP contribution is -2.23. The monoisotopic (exact) mass is 361 g/mol. The van der Waals surface area contributed by atoms with Crippen LogP contribution in [0.25, 0.3) is 0 Å². The van der Waals surface area contributed by atoms with E-state index < -0.39 is 0 Å². The Balaban J connectivity index is 1.57. The molecule has 0 amide bonds. The van der Waals surface area contributed by atoms with Crippen molar-refractivity contribution >= 4 is 23.2 Å². The standard InChI is InChI=1S/C18H20ClN3O3/c1-23-14-4-2-13(3-5-14)22-18(20)21-7-6-12-10-15(19)17-16(11-12)24-8-9-25-17/h2-5,10-11H,6-9H2,1H3,(H3,20,21,22). The van der Waals surface area contributed by atoms with Gasteiger partial charge in [-0.1, -0.05) is 11.6 Å². The third-order valence-corrected chi connectivity index (χ3v) is 3.98. The molecule has 3 rings (SSSR count). The Kier molecular flexibility index (Phi) is 5.50. The number of nitrogens with two attached hydrogens (primary N) is 1. The van der Waals surface area contributed by atoms with Crippen molar-refractivity contribution in [2.75, 3.05) is 32.2 Å². The molecule has 0 saturated heterocycles. The maximum atomic E-state index is 6.23. The van der Waals surface area contributed by atoms with Crippen LogP contribution >= 0.6 is 11.6 Å². The molecule has 7 heteroatoms. The molecule has 2 aromatic carbocycles. The largest absolute Gasteiger partial charge is 0.497 e. The van der Waals surface area contributed by atoms with E-state index in [2.05, 4.69) is 10.3 Å². The van der Waals surface area contributed by atoms with Gasteiger partial charge in [0.15, 0.2) is 17.5 Å². The van der Waals surface area contributed by atoms with Gasteiger partial charge in [0.1, 0.15) is 19.0 Å². The number of ether oxygens (including phenoxy) is 3. The van der Waals surface area contributed by atoms with Gasteiger partial charge < -0.3 is 25.3 Å². The third kappa shape index (κ3) is 4.48. The number of aliphatic imine (C=N–C) groups is 1. The van der Waals surface area contributed by atoms with Gasteiger partial charge in [-0.2, -0.15) is 0 Å². The van der Waals surface area contributed by atoms with Gasteiger partial charge in [0.2, 0.25) is 0 Å². The Morgan fingerprint density at radius 2 is 2.00 bits per heavy atom. The summed E-state index contributed by atoms with van der Waals surface area (Å²) in [6, 6.07) is 11.3. The van der Waals surface area contributed by atoms with Gasteiger partial charge in [-0.15, -0.1) is 0 Å². The van der Waals surface area contributed by atoms with Crippen LogP contribution in [0.5, 0.6) is 17.2 Å². The van der Waals surface area contributed by atoms with Crippen molar-refractivity contribution in [1.29, 1.82) is 0 Å². The first-order chi connectivity index (χ1) is 12.2. The minimum Gasteiger partial charge on any atom is -0.497 e. The van der Waals surface area contributed by atoms with E-state index in [1.54, 1.807) is 7.11 Å². The van der Waals surface area contributed by atoms with Crippen LogP contribution in [0.3, 0.4) is 0 Å². The first-order valence-electron chi connectivity index (χ1n) is 7.95. The highest BCUT2D eigenvalue weighted by atomic mass is 35.5. The van der Waals surface area contributed by atoms with Crippen molar-refractivity contribution in [1.82, 2.24) is 0 Å². The minimum absolute atomic E-state index is 0.355. The molecule has 0 aliphatic carbocycles. The van der Waals surface area contributed by atoms with E-state index in [0.717, 1.165) is 17.0 Å². The molecule has 6 nitrogen and oxygen atoms in total. The number of benzene rings is 2. The Bertz CT molecular complexity index is 763. The lowest BCUT2D eigenvalue weighted by Gasteiger charge is -2.20. The normalized spacial score (nSPS) is 13.4. The molecule has 2 aromatic rings. The minimum atomic E-state index is 0.355. The van der Waals surface area contributed by atoms with Crippen LogP contribution < -0.4 is 25.3 Å². The quantitative estimate of drug-likeness (QED) is 0.632. The molecule has 25 heavy (non-hydrogen) atoms. The van der Waals surface area contributed by atoms with Crippen molar-refractivity contribution in [2.24, 2.45) is 10.7 Å². The second-order valence-corrected chi connectivity index (χ2v) is 5.88. The van der Waals surface area contributed by atoms with Gasteiger partial charge in [-0.3, -0.25) is 4.99 Å². The lowest BCUT2D eigenvalue weighted by molar-refractivity contribution is 0.171. The van der Waals surface area contributed by atoms with E-state index in [1.165, 1.54) is 0 Å². The van der Waals surface area contributed by atoms with Crippen LogP contribution in [0.4, 0.5) is 5.69 Å². The molecule has 1 heterocycles. The Labute approximate surface area is 151 Å². The molecule has 132 valence electrons. The summed E-state index contributed by atoms with van der Waals surface area (Å²) in [5, 5.41) is 3.60. The fourth-order valence-electron chi connectivity index (χ4n) is 2.48. The number of anilines is 1.